The van der Waals surface area contributed by atoms with Crippen molar-refractivity contribution in [3.63, 3.8) is 0 Å². The fraction of sp³-hybridized carbons (Fsp3) is 0.167. The van der Waals surface area contributed by atoms with Crippen molar-refractivity contribution in [3.05, 3.63) is 63.7 Å². The SMILES string of the molecule is COc1cc(OC)cc(C(=CC#N)c2ccc([N+](=O)[O-])c(OC)c2)c1. The molecule has 0 saturated heterocycles. The number of nitro groups is 1. The third-order valence-electron chi connectivity index (χ3n) is 3.56. The maximum atomic E-state index is 11.1. The summed E-state index contributed by atoms with van der Waals surface area (Å²) in [5, 5.41) is 20.2. The number of benzene rings is 2. The predicted molar refractivity (Wildman–Crippen MR) is 91.9 cm³/mol. The van der Waals surface area contributed by atoms with Gasteiger partial charge in [-0.15, -0.1) is 0 Å². The Bertz CT molecular complexity index is 846. The Labute approximate surface area is 144 Å². The number of nitriles is 1. The average Bonchev–Trinajstić information content (AvgIpc) is 2.64. The Hall–Kier alpha value is -3.53. The summed E-state index contributed by atoms with van der Waals surface area (Å²) in [6.45, 7) is 0. The highest BCUT2D eigenvalue weighted by Gasteiger charge is 2.17. The molecule has 0 radical (unpaired) electrons. The van der Waals surface area contributed by atoms with Gasteiger partial charge in [0.25, 0.3) is 0 Å². The highest BCUT2D eigenvalue weighted by molar-refractivity contribution is 5.83. The van der Waals surface area contributed by atoms with Crippen molar-refractivity contribution >= 4 is 11.3 Å². The van der Waals surface area contributed by atoms with Gasteiger partial charge >= 0.3 is 5.69 Å². The number of methoxy groups -OCH3 is 3. The van der Waals surface area contributed by atoms with Crippen LogP contribution in [0.4, 0.5) is 5.69 Å². The van der Waals surface area contributed by atoms with Gasteiger partial charge in [0.1, 0.15) is 11.5 Å². The van der Waals surface area contributed by atoms with Crippen LogP contribution in [-0.2, 0) is 0 Å². The molecule has 0 unspecified atom stereocenters. The highest BCUT2D eigenvalue weighted by Crippen LogP contribution is 2.35. The molecule has 0 atom stereocenters. The summed E-state index contributed by atoms with van der Waals surface area (Å²) in [6, 6.07) is 11.6. The molecule has 25 heavy (non-hydrogen) atoms. The Morgan fingerprint density at radius 2 is 1.68 bits per heavy atom. The lowest BCUT2D eigenvalue weighted by atomic mass is 9.96. The van der Waals surface area contributed by atoms with E-state index in [1.807, 2.05) is 6.07 Å². The van der Waals surface area contributed by atoms with E-state index in [0.29, 0.717) is 28.2 Å². The minimum absolute atomic E-state index is 0.112. The molecular formula is C18H16N2O5. The second-order valence-electron chi connectivity index (χ2n) is 4.93. The van der Waals surface area contributed by atoms with E-state index in [9.17, 15) is 10.1 Å². The summed E-state index contributed by atoms with van der Waals surface area (Å²) in [5.41, 5.74) is 1.69. The molecule has 0 aromatic heterocycles. The molecule has 0 fully saturated rings. The second kappa shape index (κ2) is 7.84. The molecule has 0 heterocycles. The lowest BCUT2D eigenvalue weighted by Gasteiger charge is -2.12. The standard InChI is InChI=1S/C18H16N2O5/c1-23-14-8-13(9-15(11-14)24-2)16(6-7-19)12-4-5-17(20(21)22)18(10-12)25-3/h4-6,8-11H,1-3H3. The van der Waals surface area contributed by atoms with Crippen molar-refractivity contribution in [2.45, 2.75) is 0 Å². The molecule has 2 rings (SSSR count). The van der Waals surface area contributed by atoms with Crippen LogP contribution in [0.2, 0.25) is 0 Å². The van der Waals surface area contributed by atoms with E-state index in [1.165, 1.54) is 39.5 Å². The lowest BCUT2D eigenvalue weighted by Crippen LogP contribution is -1.97. The van der Waals surface area contributed by atoms with E-state index >= 15 is 0 Å². The number of nitrogens with zero attached hydrogens (tertiary/aromatic N) is 2. The second-order valence-corrected chi connectivity index (χ2v) is 4.93. The normalized spacial score (nSPS) is 10.7. The quantitative estimate of drug-likeness (QED) is 0.453. The Morgan fingerprint density at radius 3 is 2.16 bits per heavy atom. The Balaban J connectivity index is 2.62. The van der Waals surface area contributed by atoms with Crippen LogP contribution in [0.5, 0.6) is 17.2 Å². The summed E-state index contributed by atoms with van der Waals surface area (Å²) in [6.07, 6.45) is 1.36. The van der Waals surface area contributed by atoms with Gasteiger partial charge in [-0.1, -0.05) is 0 Å². The first-order valence-corrected chi connectivity index (χ1v) is 7.20. The van der Waals surface area contributed by atoms with Crippen molar-refractivity contribution < 1.29 is 19.1 Å². The minimum atomic E-state index is -0.523. The zero-order chi connectivity index (χ0) is 18.4. The van der Waals surface area contributed by atoms with Gasteiger partial charge in [-0.3, -0.25) is 10.1 Å². The molecule has 0 aliphatic carbocycles. The molecule has 0 aliphatic rings. The van der Waals surface area contributed by atoms with Crippen LogP contribution in [0, 0.1) is 21.4 Å². The van der Waals surface area contributed by atoms with E-state index in [2.05, 4.69) is 0 Å². The molecule has 0 saturated carbocycles. The number of nitro benzene ring substituents is 1. The summed E-state index contributed by atoms with van der Waals surface area (Å²) in [5.74, 6) is 1.24. The molecule has 0 amide bonds. The van der Waals surface area contributed by atoms with Crippen LogP contribution >= 0.6 is 0 Å². The van der Waals surface area contributed by atoms with Crippen LogP contribution in [-0.4, -0.2) is 26.3 Å². The minimum Gasteiger partial charge on any atom is -0.497 e. The number of allylic oxidation sites excluding steroid dienone is 1. The molecular weight excluding hydrogens is 324 g/mol. The zero-order valence-electron chi connectivity index (χ0n) is 14.0. The predicted octanol–water partition coefficient (Wildman–Crippen LogP) is 3.58. The molecule has 2 aromatic rings. The number of hydrogen-bond donors (Lipinski definition) is 0. The van der Waals surface area contributed by atoms with Crippen molar-refractivity contribution in [2.24, 2.45) is 0 Å². The first kappa shape index (κ1) is 17.8. The van der Waals surface area contributed by atoms with E-state index in [1.54, 1.807) is 24.3 Å². The zero-order valence-corrected chi connectivity index (χ0v) is 14.0. The average molecular weight is 340 g/mol. The highest BCUT2D eigenvalue weighted by atomic mass is 16.6. The van der Waals surface area contributed by atoms with Crippen LogP contribution in [0.15, 0.2) is 42.5 Å². The van der Waals surface area contributed by atoms with Crippen molar-refractivity contribution in [1.82, 2.24) is 0 Å². The van der Waals surface area contributed by atoms with Gasteiger partial charge in [0, 0.05) is 18.2 Å². The summed E-state index contributed by atoms with van der Waals surface area (Å²) < 4.78 is 15.6. The van der Waals surface area contributed by atoms with E-state index in [0.717, 1.165) is 0 Å². The van der Waals surface area contributed by atoms with Gasteiger partial charge in [-0.25, -0.2) is 0 Å². The summed E-state index contributed by atoms with van der Waals surface area (Å²) in [7, 11) is 4.41. The van der Waals surface area contributed by atoms with E-state index in [-0.39, 0.29) is 11.4 Å². The molecule has 2 aromatic carbocycles. The Morgan fingerprint density at radius 1 is 1.04 bits per heavy atom. The van der Waals surface area contributed by atoms with Crippen LogP contribution in [0.1, 0.15) is 11.1 Å². The maximum Gasteiger partial charge on any atom is 0.310 e. The van der Waals surface area contributed by atoms with Crippen LogP contribution in [0.3, 0.4) is 0 Å². The third-order valence-corrected chi connectivity index (χ3v) is 3.56. The molecule has 7 nitrogen and oxygen atoms in total. The van der Waals surface area contributed by atoms with Crippen LogP contribution < -0.4 is 14.2 Å². The van der Waals surface area contributed by atoms with Crippen LogP contribution in [0.25, 0.3) is 5.57 Å². The molecule has 0 bridgehead atoms. The lowest BCUT2D eigenvalue weighted by molar-refractivity contribution is -0.385. The Kier molecular flexibility index (Phi) is 5.58. The van der Waals surface area contributed by atoms with Gasteiger partial charge in [0.15, 0.2) is 5.75 Å². The van der Waals surface area contributed by atoms with Crippen molar-refractivity contribution in [3.8, 4) is 23.3 Å². The van der Waals surface area contributed by atoms with Crippen molar-refractivity contribution in [1.29, 1.82) is 5.26 Å². The van der Waals surface area contributed by atoms with Gasteiger partial charge in [0.05, 0.1) is 32.3 Å². The topological polar surface area (TPSA) is 94.6 Å². The monoisotopic (exact) mass is 340 g/mol. The first-order chi connectivity index (χ1) is 12.0. The van der Waals surface area contributed by atoms with Crippen molar-refractivity contribution in [2.75, 3.05) is 21.3 Å². The summed E-state index contributed by atoms with van der Waals surface area (Å²) >= 11 is 0. The van der Waals surface area contributed by atoms with Gasteiger partial charge in [-0.05, 0) is 41.0 Å². The molecule has 0 spiro atoms. The van der Waals surface area contributed by atoms with Gasteiger partial charge in [0.2, 0.25) is 0 Å². The fourth-order valence-electron chi connectivity index (χ4n) is 2.36. The maximum absolute atomic E-state index is 11.1. The molecule has 0 aliphatic heterocycles. The molecule has 128 valence electrons. The van der Waals surface area contributed by atoms with Gasteiger partial charge in [-0.2, -0.15) is 5.26 Å². The number of ether oxygens (including phenoxy) is 3. The van der Waals surface area contributed by atoms with E-state index < -0.39 is 4.92 Å². The third kappa shape index (κ3) is 3.87. The largest absolute Gasteiger partial charge is 0.497 e. The number of rotatable bonds is 6. The smallest absolute Gasteiger partial charge is 0.310 e. The first-order valence-electron chi connectivity index (χ1n) is 7.20. The summed E-state index contributed by atoms with van der Waals surface area (Å²) in [4.78, 5) is 10.5. The van der Waals surface area contributed by atoms with Gasteiger partial charge < -0.3 is 14.2 Å². The molecule has 7 heteroatoms. The molecule has 0 N–H and O–H groups in total. The number of hydrogen-bond acceptors (Lipinski definition) is 6. The fourth-order valence-corrected chi connectivity index (χ4v) is 2.36. The van der Waals surface area contributed by atoms with E-state index in [4.69, 9.17) is 19.5 Å².